The third-order valence-corrected chi connectivity index (χ3v) is 4.82. The van der Waals surface area contributed by atoms with Crippen LogP contribution in [0.25, 0.3) is 10.9 Å². The van der Waals surface area contributed by atoms with Crippen molar-refractivity contribution in [1.29, 1.82) is 0 Å². The maximum absolute atomic E-state index is 12.8. The van der Waals surface area contributed by atoms with Crippen molar-refractivity contribution in [3.05, 3.63) is 45.2 Å². The lowest BCUT2D eigenvalue weighted by Crippen LogP contribution is -2.32. The van der Waals surface area contributed by atoms with Crippen LogP contribution in [-0.4, -0.2) is 23.7 Å². The second-order valence-corrected chi connectivity index (χ2v) is 6.64. The van der Waals surface area contributed by atoms with Crippen LogP contribution in [-0.2, 0) is 22.6 Å². The molecule has 1 aromatic heterocycles. The van der Waals surface area contributed by atoms with E-state index in [-0.39, 0.29) is 12.1 Å². The lowest BCUT2D eigenvalue weighted by Gasteiger charge is -2.15. The lowest BCUT2D eigenvalue weighted by atomic mass is 10.1. The van der Waals surface area contributed by atoms with Crippen LogP contribution in [0, 0.1) is 0 Å². The molecule has 0 amide bonds. The Kier molecular flexibility index (Phi) is 5.21. The number of aromatic nitrogens is 1. The first-order valence-corrected chi connectivity index (χ1v) is 8.58. The van der Waals surface area contributed by atoms with Crippen LogP contribution in [0.3, 0.4) is 0 Å². The summed E-state index contributed by atoms with van der Waals surface area (Å²) in [6, 6.07) is 7.70. The van der Waals surface area contributed by atoms with Gasteiger partial charge in [-0.25, -0.2) is 0 Å². The zero-order valence-electron chi connectivity index (χ0n) is 13.7. The van der Waals surface area contributed by atoms with E-state index < -0.39 is 5.97 Å². The van der Waals surface area contributed by atoms with Gasteiger partial charge in [-0.15, -0.1) is 0 Å². The molecule has 24 heavy (non-hydrogen) atoms. The zero-order valence-corrected chi connectivity index (χ0v) is 14.4. The number of carbonyl (C=O) groups is 1. The molecule has 0 bridgehead atoms. The monoisotopic (exact) mass is 348 g/mol. The number of carbonyl (C=O) groups excluding carboxylic acids is 1. The fourth-order valence-electron chi connectivity index (χ4n) is 3.27. The fraction of sp³-hybridized carbons (Fsp3) is 0.444. The first kappa shape index (κ1) is 17.0. The van der Waals surface area contributed by atoms with Gasteiger partial charge in [0.1, 0.15) is 6.54 Å². The maximum atomic E-state index is 12.8. The molecule has 0 aliphatic heterocycles. The van der Waals surface area contributed by atoms with E-state index in [0.717, 1.165) is 18.2 Å². The number of halogens is 1. The van der Waals surface area contributed by atoms with Crippen LogP contribution in [0.4, 0.5) is 0 Å². The summed E-state index contributed by atoms with van der Waals surface area (Å²) in [5.41, 5.74) is 1.11. The lowest BCUT2D eigenvalue weighted by molar-refractivity contribution is -0.141. The van der Waals surface area contributed by atoms with E-state index in [4.69, 9.17) is 16.3 Å². The highest BCUT2D eigenvalue weighted by Gasteiger charge is 2.17. The van der Waals surface area contributed by atoms with Crippen LogP contribution in [0.5, 0.6) is 0 Å². The summed E-state index contributed by atoms with van der Waals surface area (Å²) in [5.74, 6) is -0.459. The van der Waals surface area contributed by atoms with Gasteiger partial charge < -0.3 is 10.1 Å². The van der Waals surface area contributed by atoms with Crippen molar-refractivity contribution in [3.8, 4) is 0 Å². The second kappa shape index (κ2) is 7.36. The summed E-state index contributed by atoms with van der Waals surface area (Å²) in [6.45, 7) is 0.382. The predicted octanol–water partition coefficient (Wildman–Crippen LogP) is 2.86. The Hall–Kier alpha value is -1.85. The summed E-state index contributed by atoms with van der Waals surface area (Å²) >= 11 is 6.06. The summed E-state index contributed by atoms with van der Waals surface area (Å²) in [6.07, 6.45) is 4.78. The van der Waals surface area contributed by atoms with Gasteiger partial charge in [-0.05, 0) is 36.4 Å². The van der Waals surface area contributed by atoms with Crippen LogP contribution < -0.4 is 10.9 Å². The SMILES string of the molecule is COC(=O)Cn1c(=O)c(CNC2CCCC2)cc2ccc(Cl)cc21. The average Bonchev–Trinajstić information content (AvgIpc) is 3.09. The van der Waals surface area contributed by atoms with Gasteiger partial charge in [0.2, 0.25) is 0 Å². The first-order chi connectivity index (χ1) is 11.6. The van der Waals surface area contributed by atoms with Gasteiger partial charge in [-0.2, -0.15) is 0 Å². The van der Waals surface area contributed by atoms with Crippen LogP contribution in [0.2, 0.25) is 5.02 Å². The van der Waals surface area contributed by atoms with Crippen molar-refractivity contribution in [2.45, 2.75) is 44.8 Å². The minimum Gasteiger partial charge on any atom is -0.468 e. The molecule has 3 rings (SSSR count). The quantitative estimate of drug-likeness (QED) is 0.844. The Morgan fingerprint density at radius 1 is 1.33 bits per heavy atom. The fourth-order valence-corrected chi connectivity index (χ4v) is 3.43. The van der Waals surface area contributed by atoms with Crippen molar-refractivity contribution >= 4 is 28.5 Å². The van der Waals surface area contributed by atoms with Crippen LogP contribution in [0.1, 0.15) is 31.2 Å². The van der Waals surface area contributed by atoms with Gasteiger partial charge in [0, 0.05) is 23.2 Å². The van der Waals surface area contributed by atoms with E-state index in [1.807, 2.05) is 12.1 Å². The number of hydrogen-bond acceptors (Lipinski definition) is 4. The number of hydrogen-bond donors (Lipinski definition) is 1. The Morgan fingerprint density at radius 3 is 2.79 bits per heavy atom. The number of rotatable bonds is 5. The topological polar surface area (TPSA) is 60.3 Å². The third-order valence-electron chi connectivity index (χ3n) is 4.58. The number of nitrogens with one attached hydrogen (secondary N) is 1. The number of benzene rings is 1. The molecule has 128 valence electrons. The van der Waals surface area contributed by atoms with E-state index in [1.54, 1.807) is 12.1 Å². The molecule has 0 spiro atoms. The van der Waals surface area contributed by atoms with Crippen molar-refractivity contribution in [2.24, 2.45) is 0 Å². The molecular weight excluding hydrogens is 328 g/mol. The number of nitrogens with zero attached hydrogens (tertiary/aromatic N) is 1. The maximum Gasteiger partial charge on any atom is 0.325 e. The van der Waals surface area contributed by atoms with E-state index in [2.05, 4.69) is 5.32 Å². The molecule has 1 fully saturated rings. The molecule has 1 heterocycles. The molecule has 0 saturated heterocycles. The number of esters is 1. The first-order valence-electron chi connectivity index (χ1n) is 8.20. The molecular formula is C18H21ClN2O3. The molecule has 0 atom stereocenters. The van der Waals surface area contributed by atoms with Crippen LogP contribution >= 0.6 is 11.6 Å². The molecule has 0 radical (unpaired) electrons. The highest BCUT2D eigenvalue weighted by molar-refractivity contribution is 6.31. The zero-order chi connectivity index (χ0) is 17.1. The normalized spacial score (nSPS) is 15.1. The number of pyridine rings is 1. The Morgan fingerprint density at radius 2 is 2.08 bits per heavy atom. The standard InChI is InChI=1S/C18H21ClN2O3/c1-24-17(22)11-21-16-9-14(19)7-6-12(16)8-13(18(21)23)10-20-15-4-2-3-5-15/h6-9,15,20H,2-5,10-11H2,1H3. The van der Waals surface area contributed by atoms with Gasteiger partial charge in [0.15, 0.2) is 0 Å². The minimum absolute atomic E-state index is 0.122. The van der Waals surface area contributed by atoms with Crippen molar-refractivity contribution < 1.29 is 9.53 Å². The van der Waals surface area contributed by atoms with Gasteiger partial charge in [0.05, 0.1) is 12.6 Å². The van der Waals surface area contributed by atoms with E-state index >= 15 is 0 Å². The third kappa shape index (κ3) is 3.62. The highest BCUT2D eigenvalue weighted by Crippen LogP contribution is 2.21. The summed E-state index contributed by atoms with van der Waals surface area (Å²) in [7, 11) is 1.31. The van der Waals surface area contributed by atoms with Gasteiger partial charge in [-0.3, -0.25) is 14.2 Å². The Bertz CT molecular complexity index is 810. The summed E-state index contributed by atoms with van der Waals surface area (Å²) in [4.78, 5) is 24.5. The molecule has 1 aliphatic rings. The number of fused-ring (bicyclic) bond motifs is 1. The highest BCUT2D eigenvalue weighted by atomic mass is 35.5. The van der Waals surface area contributed by atoms with E-state index in [0.29, 0.717) is 28.7 Å². The van der Waals surface area contributed by atoms with Crippen molar-refractivity contribution in [3.63, 3.8) is 0 Å². The van der Waals surface area contributed by atoms with Gasteiger partial charge in [-0.1, -0.05) is 30.5 Å². The summed E-state index contributed by atoms with van der Waals surface area (Å²) in [5, 5.41) is 4.86. The smallest absolute Gasteiger partial charge is 0.325 e. The Labute approximate surface area is 145 Å². The molecule has 1 aromatic carbocycles. The molecule has 6 heteroatoms. The number of ether oxygens (including phenoxy) is 1. The van der Waals surface area contributed by atoms with Crippen molar-refractivity contribution in [1.82, 2.24) is 9.88 Å². The summed E-state index contributed by atoms with van der Waals surface area (Å²) < 4.78 is 6.17. The predicted molar refractivity (Wildman–Crippen MR) is 94.3 cm³/mol. The van der Waals surface area contributed by atoms with Crippen LogP contribution in [0.15, 0.2) is 29.1 Å². The van der Waals surface area contributed by atoms with Crippen molar-refractivity contribution in [2.75, 3.05) is 7.11 Å². The molecule has 0 unspecified atom stereocenters. The minimum atomic E-state index is -0.459. The van der Waals surface area contributed by atoms with E-state index in [9.17, 15) is 9.59 Å². The largest absolute Gasteiger partial charge is 0.468 e. The molecule has 2 aromatic rings. The van der Waals surface area contributed by atoms with Gasteiger partial charge >= 0.3 is 5.97 Å². The molecule has 1 saturated carbocycles. The Balaban J connectivity index is 1.99. The molecule has 1 N–H and O–H groups in total. The second-order valence-electron chi connectivity index (χ2n) is 6.20. The number of methoxy groups -OCH3 is 1. The van der Waals surface area contributed by atoms with Gasteiger partial charge in [0.25, 0.3) is 5.56 Å². The molecule has 5 nitrogen and oxygen atoms in total. The molecule has 1 aliphatic carbocycles. The van der Waals surface area contributed by atoms with E-state index in [1.165, 1.54) is 24.5 Å². The average molecular weight is 349 g/mol.